The van der Waals surface area contributed by atoms with Crippen molar-refractivity contribution in [1.82, 2.24) is 14.8 Å². The summed E-state index contributed by atoms with van der Waals surface area (Å²) in [5.74, 6) is 0.172. The standard InChI is InChI=1S/C24H22N4O4/c1-3-31-24(30)19-14-25-28(21-13-16(2)18-11-7-8-12-20(18)26-21)23(19)27-22(29)15-32-17-9-5-4-6-10-17/h4-14H,3,15H2,1-2H3,(H,27,29). The molecule has 0 radical (unpaired) electrons. The van der Waals surface area contributed by atoms with Gasteiger partial charge in [0.1, 0.15) is 11.3 Å². The summed E-state index contributed by atoms with van der Waals surface area (Å²) in [4.78, 5) is 29.8. The third-order valence-corrected chi connectivity index (χ3v) is 4.76. The van der Waals surface area contributed by atoms with E-state index in [-0.39, 0.29) is 24.6 Å². The number of aryl methyl sites for hydroxylation is 1. The minimum Gasteiger partial charge on any atom is -0.484 e. The van der Waals surface area contributed by atoms with E-state index in [4.69, 9.17) is 9.47 Å². The van der Waals surface area contributed by atoms with E-state index < -0.39 is 11.9 Å². The predicted octanol–water partition coefficient (Wildman–Crippen LogP) is 3.92. The topological polar surface area (TPSA) is 95.3 Å². The molecule has 0 aliphatic carbocycles. The van der Waals surface area contributed by atoms with Crippen LogP contribution in [0.3, 0.4) is 0 Å². The van der Waals surface area contributed by atoms with Gasteiger partial charge in [-0.05, 0) is 43.7 Å². The van der Waals surface area contributed by atoms with E-state index in [0.717, 1.165) is 16.5 Å². The van der Waals surface area contributed by atoms with Gasteiger partial charge in [0.2, 0.25) is 0 Å². The van der Waals surface area contributed by atoms with E-state index in [1.165, 1.54) is 10.9 Å². The first-order valence-electron chi connectivity index (χ1n) is 10.2. The van der Waals surface area contributed by atoms with Crippen LogP contribution in [-0.2, 0) is 9.53 Å². The minimum absolute atomic E-state index is 0.132. The van der Waals surface area contributed by atoms with Crippen LogP contribution in [0.2, 0.25) is 0 Å². The van der Waals surface area contributed by atoms with Crippen molar-refractivity contribution < 1.29 is 19.1 Å². The molecule has 4 rings (SSSR count). The van der Waals surface area contributed by atoms with E-state index in [9.17, 15) is 9.59 Å². The van der Waals surface area contributed by atoms with Gasteiger partial charge in [0, 0.05) is 5.39 Å². The molecule has 0 unspecified atom stereocenters. The zero-order chi connectivity index (χ0) is 22.5. The number of para-hydroxylation sites is 2. The Bertz CT molecular complexity index is 1270. The number of amides is 1. The highest BCUT2D eigenvalue weighted by molar-refractivity contribution is 6.01. The SMILES string of the molecule is CCOC(=O)c1cnn(-c2cc(C)c3ccccc3n2)c1NC(=O)COc1ccccc1. The van der Waals surface area contributed by atoms with Crippen LogP contribution in [0.1, 0.15) is 22.8 Å². The van der Waals surface area contributed by atoms with Crippen molar-refractivity contribution >= 4 is 28.6 Å². The fraction of sp³-hybridized carbons (Fsp3) is 0.167. The highest BCUT2D eigenvalue weighted by atomic mass is 16.5. The van der Waals surface area contributed by atoms with Crippen molar-refractivity contribution in [3.05, 3.63) is 78.0 Å². The van der Waals surface area contributed by atoms with Gasteiger partial charge >= 0.3 is 5.97 Å². The highest BCUT2D eigenvalue weighted by Crippen LogP contribution is 2.24. The number of carbonyl (C=O) groups excluding carboxylic acids is 2. The fourth-order valence-electron chi connectivity index (χ4n) is 3.27. The van der Waals surface area contributed by atoms with Gasteiger partial charge in [-0.2, -0.15) is 9.78 Å². The Labute approximate surface area is 184 Å². The molecular formula is C24H22N4O4. The van der Waals surface area contributed by atoms with Crippen molar-refractivity contribution in [2.75, 3.05) is 18.5 Å². The monoisotopic (exact) mass is 430 g/mol. The maximum absolute atomic E-state index is 12.6. The molecule has 0 fully saturated rings. The van der Waals surface area contributed by atoms with Crippen molar-refractivity contribution in [1.29, 1.82) is 0 Å². The number of rotatable bonds is 7. The number of anilines is 1. The number of nitrogens with zero attached hydrogens (tertiary/aromatic N) is 3. The molecule has 2 aromatic heterocycles. The molecule has 0 aliphatic heterocycles. The second-order valence-electron chi connectivity index (χ2n) is 7.00. The number of aromatic nitrogens is 3. The first kappa shape index (κ1) is 21.0. The van der Waals surface area contributed by atoms with Gasteiger partial charge in [-0.25, -0.2) is 9.78 Å². The van der Waals surface area contributed by atoms with Crippen LogP contribution in [-0.4, -0.2) is 39.9 Å². The van der Waals surface area contributed by atoms with Crippen molar-refractivity contribution in [2.45, 2.75) is 13.8 Å². The normalized spacial score (nSPS) is 10.7. The molecule has 1 N–H and O–H groups in total. The Morgan fingerprint density at radius 3 is 2.59 bits per heavy atom. The van der Waals surface area contributed by atoms with E-state index in [1.807, 2.05) is 55.5 Å². The molecule has 8 nitrogen and oxygen atoms in total. The van der Waals surface area contributed by atoms with Gasteiger partial charge < -0.3 is 14.8 Å². The number of carbonyl (C=O) groups is 2. The minimum atomic E-state index is -0.587. The zero-order valence-electron chi connectivity index (χ0n) is 17.7. The van der Waals surface area contributed by atoms with Crippen molar-refractivity contribution in [2.24, 2.45) is 0 Å². The lowest BCUT2D eigenvalue weighted by molar-refractivity contribution is -0.118. The average molecular weight is 430 g/mol. The maximum atomic E-state index is 12.6. The van der Waals surface area contributed by atoms with Crippen LogP contribution in [0.5, 0.6) is 5.75 Å². The second-order valence-corrected chi connectivity index (χ2v) is 7.00. The summed E-state index contributed by atoms with van der Waals surface area (Å²) < 4.78 is 12.1. The van der Waals surface area contributed by atoms with Crippen LogP contribution in [0.4, 0.5) is 5.82 Å². The van der Waals surface area contributed by atoms with Crippen molar-refractivity contribution in [3.8, 4) is 11.6 Å². The summed E-state index contributed by atoms with van der Waals surface area (Å²) >= 11 is 0. The third kappa shape index (κ3) is 4.44. The van der Waals surface area contributed by atoms with Gasteiger partial charge in [-0.15, -0.1) is 0 Å². The fourth-order valence-corrected chi connectivity index (χ4v) is 3.27. The van der Waals surface area contributed by atoms with E-state index in [2.05, 4.69) is 15.4 Å². The molecule has 162 valence electrons. The predicted molar refractivity (Wildman–Crippen MR) is 120 cm³/mol. The molecule has 4 aromatic rings. The van der Waals surface area contributed by atoms with Crippen LogP contribution in [0.25, 0.3) is 16.7 Å². The summed E-state index contributed by atoms with van der Waals surface area (Å²) in [6.45, 7) is 3.64. The molecule has 0 bridgehead atoms. The van der Waals surface area contributed by atoms with Crippen LogP contribution in [0.15, 0.2) is 66.9 Å². The molecule has 0 saturated heterocycles. The molecule has 1 amide bonds. The molecule has 2 heterocycles. The number of ether oxygens (including phenoxy) is 2. The molecule has 0 saturated carbocycles. The van der Waals surface area contributed by atoms with Crippen molar-refractivity contribution in [3.63, 3.8) is 0 Å². The van der Waals surface area contributed by atoms with Crippen LogP contribution < -0.4 is 10.1 Å². The lowest BCUT2D eigenvalue weighted by Gasteiger charge is -2.12. The number of pyridine rings is 1. The van der Waals surface area contributed by atoms with E-state index in [1.54, 1.807) is 19.1 Å². The smallest absolute Gasteiger partial charge is 0.343 e. The van der Waals surface area contributed by atoms with E-state index in [0.29, 0.717) is 11.6 Å². The number of hydrogen-bond donors (Lipinski definition) is 1. The Kier molecular flexibility index (Phi) is 6.12. The molecule has 8 heteroatoms. The number of benzene rings is 2. The van der Waals surface area contributed by atoms with E-state index >= 15 is 0 Å². The Morgan fingerprint density at radius 2 is 1.81 bits per heavy atom. The van der Waals surface area contributed by atoms with Crippen LogP contribution >= 0.6 is 0 Å². The molecule has 0 aliphatic rings. The number of hydrogen-bond acceptors (Lipinski definition) is 6. The maximum Gasteiger partial charge on any atom is 0.343 e. The first-order chi connectivity index (χ1) is 15.6. The quantitative estimate of drug-likeness (QED) is 0.447. The largest absolute Gasteiger partial charge is 0.484 e. The average Bonchev–Trinajstić information content (AvgIpc) is 3.22. The Hall–Kier alpha value is -4.20. The highest BCUT2D eigenvalue weighted by Gasteiger charge is 2.22. The lowest BCUT2D eigenvalue weighted by Crippen LogP contribution is -2.23. The Morgan fingerprint density at radius 1 is 1.06 bits per heavy atom. The van der Waals surface area contributed by atoms with Crippen LogP contribution in [0, 0.1) is 6.92 Å². The molecule has 0 spiro atoms. The van der Waals surface area contributed by atoms with Gasteiger partial charge in [0.25, 0.3) is 5.91 Å². The molecular weight excluding hydrogens is 408 g/mol. The number of nitrogens with one attached hydrogen (secondary N) is 1. The second kappa shape index (κ2) is 9.30. The van der Waals surface area contributed by atoms with Gasteiger partial charge in [0.15, 0.2) is 18.2 Å². The Balaban J connectivity index is 1.67. The van der Waals surface area contributed by atoms with Gasteiger partial charge in [-0.1, -0.05) is 36.4 Å². The summed E-state index contributed by atoms with van der Waals surface area (Å²) in [5, 5.41) is 8.05. The first-order valence-corrected chi connectivity index (χ1v) is 10.2. The van der Waals surface area contributed by atoms with Gasteiger partial charge in [0.05, 0.1) is 18.3 Å². The summed E-state index contributed by atoms with van der Waals surface area (Å²) in [6, 6.07) is 18.6. The zero-order valence-corrected chi connectivity index (χ0v) is 17.7. The molecule has 32 heavy (non-hydrogen) atoms. The lowest BCUT2D eigenvalue weighted by atomic mass is 10.1. The number of esters is 1. The van der Waals surface area contributed by atoms with Gasteiger partial charge in [-0.3, -0.25) is 4.79 Å². The molecule has 0 atom stereocenters. The summed E-state index contributed by atoms with van der Waals surface area (Å²) in [6.07, 6.45) is 1.36. The summed E-state index contributed by atoms with van der Waals surface area (Å²) in [7, 11) is 0. The third-order valence-electron chi connectivity index (χ3n) is 4.76. The summed E-state index contributed by atoms with van der Waals surface area (Å²) in [5.41, 5.74) is 1.90. The number of fused-ring (bicyclic) bond motifs is 1. The molecule has 2 aromatic carbocycles.